The van der Waals surface area contributed by atoms with Gasteiger partial charge < -0.3 is 9.88 Å². The first kappa shape index (κ1) is 21.5. The molecule has 32 heavy (non-hydrogen) atoms. The summed E-state index contributed by atoms with van der Waals surface area (Å²) in [6.07, 6.45) is 1.09. The first-order valence-corrected chi connectivity index (χ1v) is 13.0. The Morgan fingerprint density at radius 1 is 1.06 bits per heavy atom. The molecule has 0 unspecified atom stereocenters. The van der Waals surface area contributed by atoms with Gasteiger partial charge in [0.15, 0.2) is 5.16 Å². The van der Waals surface area contributed by atoms with E-state index in [-0.39, 0.29) is 5.56 Å². The van der Waals surface area contributed by atoms with Gasteiger partial charge in [-0.25, -0.2) is 4.98 Å². The average Bonchev–Trinajstić information content (AvgIpc) is 3.10. The molecule has 5 rings (SSSR count). The quantitative estimate of drug-likeness (QED) is 0.246. The van der Waals surface area contributed by atoms with Gasteiger partial charge in [-0.15, -0.1) is 11.3 Å². The average molecular weight is 465 g/mol. The number of fused-ring (bicyclic) bond motifs is 2. The van der Waals surface area contributed by atoms with Crippen LogP contribution in [0.15, 0.2) is 52.4 Å². The molecule has 0 radical (unpaired) electrons. The Balaban J connectivity index is 1.13. The molecule has 7 heteroatoms. The van der Waals surface area contributed by atoms with Crippen LogP contribution in [-0.4, -0.2) is 53.3 Å². The molecule has 1 fully saturated rings. The number of aromatic amines is 1. The predicted octanol–water partition coefficient (Wildman–Crippen LogP) is 5.06. The van der Waals surface area contributed by atoms with E-state index in [0.717, 1.165) is 65.8 Å². The molecule has 5 nitrogen and oxygen atoms in total. The van der Waals surface area contributed by atoms with E-state index in [1.165, 1.54) is 21.3 Å². The second-order valence-corrected chi connectivity index (χ2v) is 10.7. The Labute approximate surface area is 196 Å². The number of thioether (sulfide) groups is 1. The Morgan fingerprint density at radius 3 is 2.69 bits per heavy atom. The van der Waals surface area contributed by atoms with Gasteiger partial charge in [0.2, 0.25) is 0 Å². The van der Waals surface area contributed by atoms with Crippen LogP contribution in [0, 0.1) is 13.8 Å². The highest BCUT2D eigenvalue weighted by atomic mass is 32.2. The summed E-state index contributed by atoms with van der Waals surface area (Å²) in [6.45, 7) is 9.42. The van der Waals surface area contributed by atoms with Gasteiger partial charge in [-0.2, -0.15) is 0 Å². The molecule has 4 aromatic rings. The van der Waals surface area contributed by atoms with Crippen molar-refractivity contribution in [1.29, 1.82) is 0 Å². The normalized spacial score (nSPS) is 15.1. The topological polar surface area (TPSA) is 52.2 Å². The number of rotatable bonds is 6. The summed E-state index contributed by atoms with van der Waals surface area (Å²) in [5.74, 6) is 0.960. The van der Waals surface area contributed by atoms with E-state index in [4.69, 9.17) is 0 Å². The van der Waals surface area contributed by atoms with Crippen LogP contribution in [-0.2, 0) is 0 Å². The molecular formula is C25H28N4OS2. The van der Waals surface area contributed by atoms with Gasteiger partial charge in [0.05, 0.1) is 5.39 Å². The molecule has 2 aromatic carbocycles. The highest BCUT2D eigenvalue weighted by Gasteiger charge is 2.18. The minimum Gasteiger partial charge on any atom is -0.368 e. The number of anilines is 1. The fraction of sp³-hybridized carbons (Fsp3) is 0.360. The highest BCUT2D eigenvalue weighted by molar-refractivity contribution is 7.99. The van der Waals surface area contributed by atoms with Crippen molar-refractivity contribution in [3.05, 3.63) is 63.3 Å². The first-order valence-electron chi connectivity index (χ1n) is 11.2. The first-order chi connectivity index (χ1) is 15.6. The lowest BCUT2D eigenvalue weighted by molar-refractivity contribution is 0.259. The number of aryl methyl sites for hydroxylation is 2. The van der Waals surface area contributed by atoms with Crippen LogP contribution < -0.4 is 10.5 Å². The van der Waals surface area contributed by atoms with Crippen LogP contribution in [0.2, 0.25) is 0 Å². The molecule has 0 spiro atoms. The summed E-state index contributed by atoms with van der Waals surface area (Å²) in [6, 6.07) is 15.2. The SMILES string of the molecule is Cc1sc2nc(SCCCN3CCN(c4cccc5ccccc45)CC3)[nH]c(=O)c2c1C. The number of H-pyrrole nitrogens is 1. The molecule has 0 amide bonds. The van der Waals surface area contributed by atoms with Gasteiger partial charge in [-0.05, 0) is 43.8 Å². The van der Waals surface area contributed by atoms with Crippen molar-refractivity contribution in [2.45, 2.75) is 25.4 Å². The molecule has 1 N–H and O–H groups in total. The van der Waals surface area contributed by atoms with Crippen LogP contribution in [0.1, 0.15) is 16.9 Å². The van der Waals surface area contributed by atoms with Gasteiger partial charge >= 0.3 is 0 Å². The number of benzene rings is 2. The second kappa shape index (κ2) is 9.25. The summed E-state index contributed by atoms with van der Waals surface area (Å²) in [7, 11) is 0. The van der Waals surface area contributed by atoms with Crippen LogP contribution in [0.3, 0.4) is 0 Å². The molecule has 3 heterocycles. The molecule has 0 saturated carbocycles. The molecule has 1 saturated heterocycles. The summed E-state index contributed by atoms with van der Waals surface area (Å²) in [5, 5.41) is 4.14. The van der Waals surface area contributed by atoms with Crippen molar-refractivity contribution < 1.29 is 0 Å². The maximum absolute atomic E-state index is 12.4. The number of piperazine rings is 1. The van der Waals surface area contributed by atoms with Crippen molar-refractivity contribution >= 4 is 49.8 Å². The lowest BCUT2D eigenvalue weighted by atomic mass is 10.1. The number of aromatic nitrogens is 2. The van der Waals surface area contributed by atoms with Gasteiger partial charge in [0.25, 0.3) is 5.56 Å². The monoisotopic (exact) mass is 464 g/mol. The third kappa shape index (κ3) is 4.29. The lowest BCUT2D eigenvalue weighted by Crippen LogP contribution is -2.46. The summed E-state index contributed by atoms with van der Waals surface area (Å²) in [5.41, 5.74) is 2.39. The van der Waals surface area contributed by atoms with Crippen LogP contribution in [0.4, 0.5) is 5.69 Å². The van der Waals surface area contributed by atoms with Crippen LogP contribution >= 0.6 is 23.1 Å². The minimum atomic E-state index is -0.0103. The molecule has 2 aromatic heterocycles. The highest BCUT2D eigenvalue weighted by Crippen LogP contribution is 2.28. The standard InChI is InChI=1S/C25H28N4OS2/c1-17-18(2)32-24-22(17)23(30)26-25(27-24)31-16-6-11-28-12-14-29(15-13-28)21-10-5-8-19-7-3-4-9-20(19)21/h3-5,7-10H,6,11-16H2,1-2H3,(H,26,27,30). The lowest BCUT2D eigenvalue weighted by Gasteiger charge is -2.36. The van der Waals surface area contributed by atoms with E-state index < -0.39 is 0 Å². The van der Waals surface area contributed by atoms with Crippen molar-refractivity contribution in [1.82, 2.24) is 14.9 Å². The van der Waals surface area contributed by atoms with E-state index in [1.54, 1.807) is 23.1 Å². The van der Waals surface area contributed by atoms with Gasteiger partial charge in [-0.3, -0.25) is 9.69 Å². The van der Waals surface area contributed by atoms with Crippen molar-refractivity contribution in [3.63, 3.8) is 0 Å². The number of thiophene rings is 1. The van der Waals surface area contributed by atoms with E-state index in [9.17, 15) is 4.79 Å². The van der Waals surface area contributed by atoms with E-state index in [2.05, 4.69) is 62.2 Å². The third-order valence-electron chi connectivity index (χ3n) is 6.35. The van der Waals surface area contributed by atoms with Crippen LogP contribution in [0.5, 0.6) is 0 Å². The molecule has 0 bridgehead atoms. The Hall–Kier alpha value is -2.35. The summed E-state index contributed by atoms with van der Waals surface area (Å²) >= 11 is 3.27. The minimum absolute atomic E-state index is 0.0103. The summed E-state index contributed by atoms with van der Waals surface area (Å²) < 4.78 is 0. The zero-order valence-corrected chi connectivity index (χ0v) is 20.2. The largest absolute Gasteiger partial charge is 0.368 e. The number of hydrogen-bond donors (Lipinski definition) is 1. The third-order valence-corrected chi connectivity index (χ3v) is 8.42. The summed E-state index contributed by atoms with van der Waals surface area (Å²) in [4.78, 5) is 27.2. The van der Waals surface area contributed by atoms with Crippen molar-refractivity contribution in [3.8, 4) is 0 Å². The number of nitrogens with one attached hydrogen (secondary N) is 1. The molecule has 0 aliphatic carbocycles. The van der Waals surface area contributed by atoms with E-state index >= 15 is 0 Å². The molecule has 1 aliphatic heterocycles. The van der Waals surface area contributed by atoms with Crippen LogP contribution in [0.25, 0.3) is 21.0 Å². The molecule has 1 aliphatic rings. The van der Waals surface area contributed by atoms with E-state index in [1.807, 2.05) is 13.8 Å². The van der Waals surface area contributed by atoms with E-state index in [0.29, 0.717) is 0 Å². The Kier molecular flexibility index (Phi) is 6.22. The zero-order chi connectivity index (χ0) is 22.1. The predicted molar refractivity (Wildman–Crippen MR) is 138 cm³/mol. The number of nitrogens with zero attached hydrogens (tertiary/aromatic N) is 3. The number of hydrogen-bond acceptors (Lipinski definition) is 6. The maximum Gasteiger partial charge on any atom is 0.260 e. The van der Waals surface area contributed by atoms with Gasteiger partial charge in [-0.1, -0.05) is 48.2 Å². The molecule has 166 valence electrons. The fourth-order valence-corrected chi connectivity index (χ4v) is 6.33. The second-order valence-electron chi connectivity index (χ2n) is 8.36. The molecule has 0 atom stereocenters. The van der Waals surface area contributed by atoms with Crippen molar-refractivity contribution in [2.24, 2.45) is 0 Å². The zero-order valence-electron chi connectivity index (χ0n) is 18.6. The maximum atomic E-state index is 12.4. The Bertz CT molecular complexity index is 1300. The molecular weight excluding hydrogens is 436 g/mol. The van der Waals surface area contributed by atoms with Gasteiger partial charge in [0, 0.05) is 47.9 Å². The van der Waals surface area contributed by atoms with Crippen molar-refractivity contribution in [2.75, 3.05) is 43.4 Å². The van der Waals surface area contributed by atoms with Gasteiger partial charge in [0.1, 0.15) is 4.83 Å². The smallest absolute Gasteiger partial charge is 0.260 e. The Morgan fingerprint density at radius 2 is 1.84 bits per heavy atom. The fourth-order valence-electron chi connectivity index (χ4n) is 4.46.